The second-order valence-electron chi connectivity index (χ2n) is 3.75. The number of benzene rings is 1. The monoisotopic (exact) mass is 263 g/mol. The first kappa shape index (κ1) is 14.3. The number of ether oxygens (including phenoxy) is 1. The van der Waals surface area contributed by atoms with Crippen LogP contribution in [0, 0.1) is 0 Å². The fourth-order valence-corrected chi connectivity index (χ4v) is 1.06. The minimum absolute atomic E-state index is 0.130. The number of carbonyl (C=O) groups excluding carboxylic acids is 1. The van der Waals surface area contributed by atoms with Crippen LogP contribution < -0.4 is 10.1 Å². The smallest absolute Gasteiger partial charge is 0.426 e. The van der Waals surface area contributed by atoms with Crippen LogP contribution in [-0.4, -0.2) is 29.9 Å². The summed E-state index contributed by atoms with van der Waals surface area (Å²) in [5.74, 6) is -1.05. The van der Waals surface area contributed by atoms with Crippen molar-refractivity contribution in [1.29, 1.82) is 0 Å². The fourth-order valence-electron chi connectivity index (χ4n) is 1.06. The Kier molecular flexibility index (Phi) is 3.85. The average molecular weight is 263 g/mol. The van der Waals surface area contributed by atoms with E-state index in [1.54, 1.807) is 0 Å². The number of aliphatic hydroxyl groups is 1. The van der Waals surface area contributed by atoms with E-state index in [0.717, 1.165) is 0 Å². The maximum atomic E-state index is 12.4. The Morgan fingerprint density at radius 2 is 1.78 bits per heavy atom. The van der Waals surface area contributed by atoms with Gasteiger partial charge in [-0.05, 0) is 31.2 Å². The minimum atomic E-state index is -5.04. The van der Waals surface area contributed by atoms with Crippen LogP contribution in [0.5, 0.6) is 5.75 Å². The minimum Gasteiger partial charge on any atom is -0.497 e. The molecule has 18 heavy (non-hydrogen) atoms. The van der Waals surface area contributed by atoms with Crippen LogP contribution >= 0.6 is 0 Å². The van der Waals surface area contributed by atoms with E-state index >= 15 is 0 Å². The molecular weight excluding hydrogens is 251 g/mol. The zero-order valence-electron chi connectivity index (χ0n) is 9.71. The number of halogens is 3. The molecular formula is C11H12F3NO3. The van der Waals surface area contributed by atoms with Crippen molar-refractivity contribution in [3.63, 3.8) is 0 Å². The van der Waals surface area contributed by atoms with Gasteiger partial charge in [0, 0.05) is 5.69 Å². The molecule has 0 bridgehead atoms. The topological polar surface area (TPSA) is 58.6 Å². The Bertz CT molecular complexity index is 426. The van der Waals surface area contributed by atoms with Crippen LogP contribution in [0.3, 0.4) is 0 Å². The van der Waals surface area contributed by atoms with Gasteiger partial charge in [0.1, 0.15) is 5.75 Å². The molecule has 0 aromatic heterocycles. The lowest BCUT2D eigenvalue weighted by Gasteiger charge is -2.24. The molecule has 1 aromatic carbocycles. The van der Waals surface area contributed by atoms with Gasteiger partial charge in [-0.3, -0.25) is 4.79 Å². The van der Waals surface area contributed by atoms with Gasteiger partial charge in [0.25, 0.3) is 5.91 Å². The molecule has 0 saturated heterocycles. The third-order valence-electron chi connectivity index (χ3n) is 2.34. The molecule has 4 nitrogen and oxygen atoms in total. The van der Waals surface area contributed by atoms with Gasteiger partial charge in [-0.25, -0.2) is 0 Å². The van der Waals surface area contributed by atoms with Gasteiger partial charge in [0.05, 0.1) is 7.11 Å². The molecule has 1 unspecified atom stereocenters. The van der Waals surface area contributed by atoms with Crippen molar-refractivity contribution >= 4 is 11.6 Å². The second kappa shape index (κ2) is 4.85. The SMILES string of the molecule is COc1ccc(NC(=O)C(C)(O)C(F)(F)F)cc1. The summed E-state index contributed by atoms with van der Waals surface area (Å²) in [6.45, 7) is 0.395. The first-order valence-electron chi connectivity index (χ1n) is 4.93. The van der Waals surface area contributed by atoms with Crippen LogP contribution in [0.4, 0.5) is 18.9 Å². The van der Waals surface area contributed by atoms with Gasteiger partial charge in [0.2, 0.25) is 5.60 Å². The Balaban J connectivity index is 2.81. The van der Waals surface area contributed by atoms with Crippen molar-refractivity contribution in [3.05, 3.63) is 24.3 Å². The zero-order chi connectivity index (χ0) is 14.0. The average Bonchev–Trinajstić information content (AvgIpc) is 2.28. The molecule has 100 valence electrons. The van der Waals surface area contributed by atoms with Gasteiger partial charge in [-0.1, -0.05) is 0 Å². The summed E-state index contributed by atoms with van der Waals surface area (Å²) in [5, 5.41) is 11.1. The lowest BCUT2D eigenvalue weighted by molar-refractivity contribution is -0.242. The first-order valence-corrected chi connectivity index (χ1v) is 4.93. The fraction of sp³-hybridized carbons (Fsp3) is 0.364. The number of amides is 1. The number of hydrogen-bond donors (Lipinski definition) is 2. The number of alkyl halides is 3. The number of anilines is 1. The van der Waals surface area contributed by atoms with E-state index < -0.39 is 17.7 Å². The lowest BCUT2D eigenvalue weighted by atomic mass is 10.1. The van der Waals surface area contributed by atoms with Crippen LogP contribution in [0.25, 0.3) is 0 Å². The predicted octanol–water partition coefficient (Wildman–Crippen LogP) is 1.95. The van der Waals surface area contributed by atoms with Crippen molar-refractivity contribution in [3.8, 4) is 5.75 Å². The van der Waals surface area contributed by atoms with E-state index in [2.05, 4.69) is 0 Å². The summed E-state index contributed by atoms with van der Waals surface area (Å²) in [4.78, 5) is 11.3. The van der Waals surface area contributed by atoms with Crippen molar-refractivity contribution < 1.29 is 27.8 Å². The summed E-state index contributed by atoms with van der Waals surface area (Å²) in [6, 6.07) is 5.67. The second-order valence-corrected chi connectivity index (χ2v) is 3.75. The molecule has 0 fully saturated rings. The maximum absolute atomic E-state index is 12.4. The van der Waals surface area contributed by atoms with E-state index in [9.17, 15) is 18.0 Å². The molecule has 1 atom stereocenters. The van der Waals surface area contributed by atoms with Gasteiger partial charge in [0.15, 0.2) is 0 Å². The standard InChI is InChI=1S/C11H12F3NO3/c1-10(17,11(12,13)14)9(16)15-7-3-5-8(18-2)6-4-7/h3-6,17H,1-2H3,(H,15,16). The van der Waals surface area contributed by atoms with E-state index in [4.69, 9.17) is 9.84 Å². The number of hydrogen-bond acceptors (Lipinski definition) is 3. The summed E-state index contributed by atoms with van der Waals surface area (Å²) in [6.07, 6.45) is -5.04. The normalized spacial score (nSPS) is 14.8. The molecule has 1 rings (SSSR count). The maximum Gasteiger partial charge on any atom is 0.426 e. The van der Waals surface area contributed by atoms with Crippen LogP contribution in [0.2, 0.25) is 0 Å². The molecule has 0 aliphatic heterocycles. The van der Waals surface area contributed by atoms with E-state index in [1.807, 2.05) is 5.32 Å². The molecule has 0 heterocycles. The lowest BCUT2D eigenvalue weighted by Crippen LogP contribution is -2.52. The highest BCUT2D eigenvalue weighted by atomic mass is 19.4. The third-order valence-corrected chi connectivity index (χ3v) is 2.34. The highest BCUT2D eigenvalue weighted by molar-refractivity contribution is 5.97. The van der Waals surface area contributed by atoms with E-state index in [1.165, 1.54) is 31.4 Å². The molecule has 0 saturated carbocycles. The van der Waals surface area contributed by atoms with Crippen molar-refractivity contribution in [1.82, 2.24) is 0 Å². The van der Waals surface area contributed by atoms with Gasteiger partial charge in [-0.2, -0.15) is 13.2 Å². The molecule has 1 amide bonds. The van der Waals surface area contributed by atoms with E-state index in [0.29, 0.717) is 12.7 Å². The van der Waals surface area contributed by atoms with Crippen LogP contribution in [0.1, 0.15) is 6.92 Å². The first-order chi connectivity index (χ1) is 8.18. The molecule has 0 aliphatic rings. The highest BCUT2D eigenvalue weighted by Crippen LogP contribution is 2.31. The number of rotatable bonds is 3. The van der Waals surface area contributed by atoms with Crippen LogP contribution in [-0.2, 0) is 4.79 Å². The molecule has 0 aliphatic carbocycles. The largest absolute Gasteiger partial charge is 0.497 e. The van der Waals surface area contributed by atoms with Crippen molar-refractivity contribution in [2.75, 3.05) is 12.4 Å². The van der Waals surface area contributed by atoms with Crippen molar-refractivity contribution in [2.24, 2.45) is 0 Å². The predicted molar refractivity (Wildman–Crippen MR) is 58.3 cm³/mol. The summed E-state index contributed by atoms with van der Waals surface area (Å²) in [7, 11) is 1.43. The third kappa shape index (κ3) is 2.92. The molecule has 1 aromatic rings. The molecule has 0 spiro atoms. The zero-order valence-corrected chi connectivity index (χ0v) is 9.71. The van der Waals surface area contributed by atoms with Gasteiger partial charge >= 0.3 is 6.18 Å². The van der Waals surface area contributed by atoms with Gasteiger partial charge < -0.3 is 15.2 Å². The van der Waals surface area contributed by atoms with Gasteiger partial charge in [-0.15, -0.1) is 0 Å². The number of nitrogens with one attached hydrogen (secondary N) is 1. The number of carbonyl (C=O) groups is 1. The quantitative estimate of drug-likeness (QED) is 0.876. The highest BCUT2D eigenvalue weighted by Gasteiger charge is 2.55. The molecule has 0 radical (unpaired) electrons. The molecule has 7 heteroatoms. The van der Waals surface area contributed by atoms with Crippen LogP contribution in [0.15, 0.2) is 24.3 Å². The Morgan fingerprint density at radius 1 is 1.28 bits per heavy atom. The Labute approximate surface area is 101 Å². The summed E-state index contributed by atoms with van der Waals surface area (Å²) < 4.78 is 42.0. The summed E-state index contributed by atoms with van der Waals surface area (Å²) >= 11 is 0. The Hall–Kier alpha value is -1.76. The Morgan fingerprint density at radius 3 is 2.17 bits per heavy atom. The molecule has 2 N–H and O–H groups in total. The van der Waals surface area contributed by atoms with Crippen molar-refractivity contribution in [2.45, 2.75) is 18.7 Å². The number of methoxy groups -OCH3 is 1. The summed E-state index contributed by atoms with van der Waals surface area (Å²) in [5.41, 5.74) is -3.31. The van der Waals surface area contributed by atoms with E-state index in [-0.39, 0.29) is 5.69 Å².